The topological polar surface area (TPSA) is 35.5 Å². The Hall–Kier alpha value is -0.120. The van der Waals surface area contributed by atoms with E-state index in [4.69, 9.17) is 0 Å². The smallest absolute Gasteiger partial charge is 0.0628 e. The fourth-order valence-electron chi connectivity index (χ4n) is 2.43. The van der Waals surface area contributed by atoms with Crippen LogP contribution < -0.4 is 5.32 Å². The molecular weight excluding hydrogens is 152 g/mol. The van der Waals surface area contributed by atoms with E-state index in [9.17, 15) is 5.11 Å². The Morgan fingerprint density at radius 2 is 2.08 bits per heavy atom. The van der Waals surface area contributed by atoms with E-state index in [0.717, 1.165) is 19.5 Å². The van der Waals surface area contributed by atoms with Crippen LogP contribution in [-0.2, 0) is 0 Å². The van der Waals surface area contributed by atoms with Crippen LogP contribution in [0.15, 0.2) is 0 Å². The number of hydrogen-bond acceptors (Lipinski definition) is 3. The Morgan fingerprint density at radius 1 is 1.33 bits per heavy atom. The number of nitrogens with one attached hydrogen (secondary N) is 1. The van der Waals surface area contributed by atoms with Gasteiger partial charge >= 0.3 is 0 Å². The summed E-state index contributed by atoms with van der Waals surface area (Å²) in [6, 6.07) is 0. The van der Waals surface area contributed by atoms with Gasteiger partial charge in [-0.15, -0.1) is 0 Å². The minimum absolute atomic E-state index is 0.0938. The fourth-order valence-corrected chi connectivity index (χ4v) is 2.43. The third-order valence-corrected chi connectivity index (χ3v) is 3.29. The van der Waals surface area contributed by atoms with Crippen LogP contribution in [0.4, 0.5) is 0 Å². The van der Waals surface area contributed by atoms with Crippen molar-refractivity contribution in [3.63, 3.8) is 0 Å². The van der Waals surface area contributed by atoms with Crippen molar-refractivity contribution in [3.8, 4) is 0 Å². The fraction of sp³-hybridized carbons (Fsp3) is 1.00. The van der Waals surface area contributed by atoms with Gasteiger partial charge in [-0.1, -0.05) is 0 Å². The third-order valence-electron chi connectivity index (χ3n) is 3.29. The molecule has 12 heavy (non-hydrogen) atoms. The summed E-state index contributed by atoms with van der Waals surface area (Å²) in [4.78, 5) is 2.47. The van der Waals surface area contributed by atoms with Gasteiger partial charge in [-0.05, 0) is 38.9 Å². The molecule has 2 rings (SSSR count). The first-order valence-corrected chi connectivity index (χ1v) is 4.94. The molecule has 2 heterocycles. The van der Waals surface area contributed by atoms with Crippen molar-refractivity contribution < 1.29 is 5.11 Å². The maximum Gasteiger partial charge on any atom is 0.0628 e. The molecule has 1 unspecified atom stereocenters. The van der Waals surface area contributed by atoms with Crippen molar-refractivity contribution in [1.29, 1.82) is 0 Å². The van der Waals surface area contributed by atoms with Crippen molar-refractivity contribution in [2.24, 2.45) is 0 Å². The Kier molecular flexibility index (Phi) is 2.35. The molecule has 0 radical (unpaired) electrons. The second kappa shape index (κ2) is 3.32. The highest BCUT2D eigenvalue weighted by molar-refractivity contribution is 4.98. The van der Waals surface area contributed by atoms with E-state index >= 15 is 0 Å². The van der Waals surface area contributed by atoms with Crippen LogP contribution in [0, 0.1) is 0 Å². The van der Waals surface area contributed by atoms with Crippen molar-refractivity contribution in [3.05, 3.63) is 0 Å². The molecule has 0 aliphatic carbocycles. The molecule has 0 aromatic carbocycles. The molecule has 3 nitrogen and oxygen atoms in total. The SMILES string of the molecule is OCC1(N2CCCC2)CCNC1. The summed E-state index contributed by atoms with van der Waals surface area (Å²) in [5, 5.41) is 12.7. The van der Waals surface area contributed by atoms with E-state index in [-0.39, 0.29) is 5.54 Å². The summed E-state index contributed by atoms with van der Waals surface area (Å²) in [5.74, 6) is 0. The van der Waals surface area contributed by atoms with Crippen LogP contribution in [0.25, 0.3) is 0 Å². The van der Waals surface area contributed by atoms with Gasteiger partial charge in [0.05, 0.1) is 12.1 Å². The van der Waals surface area contributed by atoms with E-state index in [2.05, 4.69) is 10.2 Å². The van der Waals surface area contributed by atoms with Gasteiger partial charge in [0, 0.05) is 6.54 Å². The minimum atomic E-state index is 0.0938. The molecule has 1 atom stereocenters. The monoisotopic (exact) mass is 170 g/mol. The van der Waals surface area contributed by atoms with Gasteiger partial charge in [-0.3, -0.25) is 4.90 Å². The first-order chi connectivity index (χ1) is 5.87. The molecule has 0 amide bonds. The summed E-state index contributed by atoms with van der Waals surface area (Å²) >= 11 is 0. The lowest BCUT2D eigenvalue weighted by molar-refractivity contribution is 0.0632. The van der Waals surface area contributed by atoms with Crippen molar-refractivity contribution in [2.75, 3.05) is 32.8 Å². The van der Waals surface area contributed by atoms with Gasteiger partial charge in [0.1, 0.15) is 0 Å². The summed E-state index contributed by atoms with van der Waals surface area (Å²) in [6.07, 6.45) is 3.73. The van der Waals surface area contributed by atoms with Crippen LogP contribution >= 0.6 is 0 Å². The molecule has 0 aromatic rings. The van der Waals surface area contributed by atoms with Gasteiger partial charge < -0.3 is 10.4 Å². The second-order valence-corrected chi connectivity index (χ2v) is 4.00. The van der Waals surface area contributed by atoms with Gasteiger partial charge in [0.15, 0.2) is 0 Å². The maximum atomic E-state index is 9.40. The van der Waals surface area contributed by atoms with Gasteiger partial charge in [0.2, 0.25) is 0 Å². The standard InChI is InChI=1S/C9H18N2O/c12-8-9(3-4-10-7-9)11-5-1-2-6-11/h10,12H,1-8H2. The first-order valence-electron chi connectivity index (χ1n) is 4.94. The highest BCUT2D eigenvalue weighted by Gasteiger charge is 2.39. The lowest BCUT2D eigenvalue weighted by Gasteiger charge is -2.36. The van der Waals surface area contributed by atoms with Crippen LogP contribution in [0.3, 0.4) is 0 Å². The van der Waals surface area contributed by atoms with E-state index in [1.54, 1.807) is 0 Å². The van der Waals surface area contributed by atoms with Crippen molar-refractivity contribution in [2.45, 2.75) is 24.8 Å². The molecule has 70 valence electrons. The van der Waals surface area contributed by atoms with Crippen LogP contribution in [0.1, 0.15) is 19.3 Å². The van der Waals surface area contributed by atoms with Gasteiger partial charge in [-0.2, -0.15) is 0 Å². The highest BCUT2D eigenvalue weighted by atomic mass is 16.3. The molecule has 2 fully saturated rings. The number of nitrogens with zero attached hydrogens (tertiary/aromatic N) is 1. The Morgan fingerprint density at radius 3 is 2.58 bits per heavy atom. The maximum absolute atomic E-state index is 9.40. The molecule has 2 saturated heterocycles. The summed E-state index contributed by atoms with van der Waals surface area (Å²) < 4.78 is 0. The molecule has 0 saturated carbocycles. The van der Waals surface area contributed by atoms with Gasteiger partial charge in [0.25, 0.3) is 0 Å². The number of hydrogen-bond donors (Lipinski definition) is 2. The molecule has 2 aliphatic rings. The first kappa shape index (κ1) is 8.48. The number of aliphatic hydroxyl groups is 1. The van der Waals surface area contributed by atoms with E-state index < -0.39 is 0 Å². The van der Waals surface area contributed by atoms with Crippen LogP contribution in [0.2, 0.25) is 0 Å². The van der Waals surface area contributed by atoms with Crippen LogP contribution in [0.5, 0.6) is 0 Å². The molecule has 2 aliphatic heterocycles. The highest BCUT2D eigenvalue weighted by Crippen LogP contribution is 2.26. The molecule has 0 spiro atoms. The number of aliphatic hydroxyl groups excluding tert-OH is 1. The zero-order valence-electron chi connectivity index (χ0n) is 7.55. The van der Waals surface area contributed by atoms with Crippen molar-refractivity contribution in [1.82, 2.24) is 10.2 Å². The molecule has 0 aromatic heterocycles. The molecule has 2 N–H and O–H groups in total. The lowest BCUT2D eigenvalue weighted by atomic mass is 9.98. The molecular formula is C9H18N2O. The van der Waals surface area contributed by atoms with Crippen LogP contribution in [-0.4, -0.2) is 48.3 Å². The summed E-state index contributed by atoms with van der Waals surface area (Å²) in [5.41, 5.74) is 0.0938. The Balaban J connectivity index is 2.04. The third kappa shape index (κ3) is 1.26. The zero-order chi connectivity index (χ0) is 8.44. The van der Waals surface area contributed by atoms with Crippen molar-refractivity contribution >= 4 is 0 Å². The predicted octanol–water partition coefficient (Wildman–Crippen LogP) is -0.193. The Labute approximate surface area is 73.8 Å². The number of likely N-dealkylation sites (tertiary alicyclic amines) is 1. The Bertz CT molecular complexity index is 149. The summed E-state index contributed by atoms with van der Waals surface area (Å²) in [7, 11) is 0. The minimum Gasteiger partial charge on any atom is -0.394 e. The quantitative estimate of drug-likeness (QED) is 0.603. The second-order valence-electron chi connectivity index (χ2n) is 4.00. The van der Waals surface area contributed by atoms with E-state index in [0.29, 0.717) is 6.61 Å². The van der Waals surface area contributed by atoms with E-state index in [1.807, 2.05) is 0 Å². The lowest BCUT2D eigenvalue weighted by Crippen LogP contribution is -2.51. The van der Waals surface area contributed by atoms with E-state index in [1.165, 1.54) is 25.9 Å². The van der Waals surface area contributed by atoms with Gasteiger partial charge in [-0.25, -0.2) is 0 Å². The zero-order valence-corrected chi connectivity index (χ0v) is 7.55. The summed E-state index contributed by atoms with van der Waals surface area (Å²) in [6.45, 7) is 4.73. The normalized spacial score (nSPS) is 37.8. The molecule has 0 bridgehead atoms. The predicted molar refractivity (Wildman–Crippen MR) is 48.1 cm³/mol. The number of rotatable bonds is 2. The average molecular weight is 170 g/mol. The largest absolute Gasteiger partial charge is 0.394 e. The average Bonchev–Trinajstić information content (AvgIpc) is 2.76. The molecule has 3 heteroatoms.